The summed E-state index contributed by atoms with van der Waals surface area (Å²) in [6, 6.07) is 8.01. The predicted octanol–water partition coefficient (Wildman–Crippen LogP) is 3.84. The van der Waals surface area contributed by atoms with Crippen LogP contribution >= 0.6 is 0 Å². The van der Waals surface area contributed by atoms with E-state index < -0.39 is 7.69 Å². The Kier molecular flexibility index (Phi) is 16.3. The van der Waals surface area contributed by atoms with Crippen LogP contribution in [0.3, 0.4) is 0 Å². The number of ether oxygens (including phenoxy) is 2. The highest BCUT2D eigenvalue weighted by Crippen LogP contribution is 2.26. The molecular weight excluding hydrogens is 291 g/mol. The molecule has 0 amide bonds. The molecule has 0 saturated heterocycles. The Morgan fingerprint density at radius 1 is 0.739 bits per heavy atom. The van der Waals surface area contributed by atoms with Gasteiger partial charge in [-0.1, -0.05) is 64.5 Å². The molecule has 132 valence electrons. The molecule has 2 N–H and O–H groups in total. The first-order valence-electron chi connectivity index (χ1n) is 8.86. The fraction of sp³-hybridized carbons (Fsp3) is 0.667. The van der Waals surface area contributed by atoms with Gasteiger partial charge in [-0.2, -0.15) is 0 Å². The molecule has 5 heteroatoms. The third kappa shape index (κ3) is 13.0. The zero-order chi connectivity index (χ0) is 17.2. The van der Waals surface area contributed by atoms with Gasteiger partial charge >= 0.3 is 7.69 Å². The van der Waals surface area contributed by atoms with E-state index in [1.807, 2.05) is 24.3 Å². The van der Waals surface area contributed by atoms with Crippen LogP contribution in [0.1, 0.15) is 65.2 Å². The summed E-state index contributed by atoms with van der Waals surface area (Å²) in [4.78, 5) is 0. The lowest BCUT2D eigenvalue weighted by Gasteiger charge is -2.12. The Balaban J connectivity index is 0.00000149. The van der Waals surface area contributed by atoms with E-state index in [4.69, 9.17) is 19.5 Å². The fourth-order valence-electron chi connectivity index (χ4n) is 2.11. The maximum absolute atomic E-state index is 7.12. The molecule has 0 fully saturated rings. The second kappa shape index (κ2) is 17.2. The minimum Gasteiger partial charge on any atom is -0.490 e. The molecule has 0 unspecified atom stereocenters. The van der Waals surface area contributed by atoms with Gasteiger partial charge in [0, 0.05) is 0 Å². The second-order valence-electron chi connectivity index (χ2n) is 5.41. The summed E-state index contributed by atoms with van der Waals surface area (Å²) in [6.45, 7) is 6.03. The highest BCUT2D eigenvalue weighted by molar-refractivity contribution is 6.13. The van der Waals surface area contributed by atoms with Crippen molar-refractivity contribution in [3.05, 3.63) is 24.3 Å². The van der Waals surface area contributed by atoms with Crippen molar-refractivity contribution in [3.63, 3.8) is 0 Å². The molecule has 0 radical (unpaired) electrons. The van der Waals surface area contributed by atoms with Crippen molar-refractivity contribution in [2.45, 2.75) is 65.2 Å². The monoisotopic (exact) mass is 324 g/mol. The fourth-order valence-corrected chi connectivity index (χ4v) is 2.11. The molecule has 23 heavy (non-hydrogen) atoms. The number of benzene rings is 1. The van der Waals surface area contributed by atoms with Gasteiger partial charge in [0.25, 0.3) is 0 Å². The Morgan fingerprint density at radius 3 is 1.48 bits per heavy atom. The number of para-hydroxylation sites is 2. The van der Waals surface area contributed by atoms with Crippen molar-refractivity contribution in [3.8, 4) is 11.5 Å². The molecule has 4 nitrogen and oxygen atoms in total. The summed E-state index contributed by atoms with van der Waals surface area (Å²) in [5.74, 6) is 1.78. The SMILES string of the molecule is CCCCCCOc1ccccc1OCCCCCC.OBO. The van der Waals surface area contributed by atoms with Crippen LogP contribution in [0.25, 0.3) is 0 Å². The first kappa shape index (κ1) is 21.8. The Labute approximate surface area is 142 Å². The van der Waals surface area contributed by atoms with Gasteiger partial charge in [0.2, 0.25) is 0 Å². The molecule has 1 aromatic rings. The zero-order valence-corrected chi connectivity index (χ0v) is 14.8. The first-order chi connectivity index (χ1) is 11.3. The summed E-state index contributed by atoms with van der Waals surface area (Å²) in [7, 11) is -0.750. The van der Waals surface area contributed by atoms with Gasteiger partial charge in [-0.3, -0.25) is 0 Å². The molecule has 0 atom stereocenters. The van der Waals surface area contributed by atoms with E-state index in [1.54, 1.807) is 0 Å². The molecule has 0 spiro atoms. The summed E-state index contributed by atoms with van der Waals surface area (Å²) < 4.78 is 11.7. The lowest BCUT2D eigenvalue weighted by atomic mass is 10.2. The van der Waals surface area contributed by atoms with Gasteiger partial charge in [0.15, 0.2) is 11.5 Å². The molecule has 1 rings (SSSR count). The maximum Gasteiger partial charge on any atom is 0.432 e. The highest BCUT2D eigenvalue weighted by atomic mass is 16.5. The Bertz CT molecular complexity index is 328. The standard InChI is InChI=1S/C18H30O2.BH3O2/c1-3-5-7-11-15-19-17-13-9-10-14-18(17)20-16-12-8-6-4-2;2-1-3/h9-10,13-14H,3-8,11-12,15-16H2,1-2H3;1-3H. The van der Waals surface area contributed by atoms with Crippen molar-refractivity contribution < 1.29 is 19.5 Å². The number of unbranched alkanes of at least 4 members (excludes halogenated alkanes) is 6. The third-order valence-corrected chi connectivity index (χ3v) is 3.36. The van der Waals surface area contributed by atoms with E-state index in [1.165, 1.54) is 38.5 Å². The van der Waals surface area contributed by atoms with Gasteiger partial charge in [0.05, 0.1) is 13.2 Å². The Hall–Kier alpha value is -1.20. The molecule has 1 aromatic carbocycles. The quantitative estimate of drug-likeness (QED) is 0.453. The van der Waals surface area contributed by atoms with E-state index in [9.17, 15) is 0 Å². The lowest BCUT2D eigenvalue weighted by molar-refractivity contribution is 0.259. The molecule has 0 aromatic heterocycles. The van der Waals surface area contributed by atoms with Crippen LogP contribution < -0.4 is 9.47 Å². The topological polar surface area (TPSA) is 58.9 Å². The average Bonchev–Trinajstić information content (AvgIpc) is 2.56. The summed E-state index contributed by atoms with van der Waals surface area (Å²) >= 11 is 0. The van der Waals surface area contributed by atoms with Gasteiger partial charge in [-0.15, -0.1) is 0 Å². The summed E-state index contributed by atoms with van der Waals surface area (Å²) in [5, 5.41) is 14.2. The van der Waals surface area contributed by atoms with E-state index in [0.29, 0.717) is 0 Å². The largest absolute Gasteiger partial charge is 0.490 e. The predicted molar refractivity (Wildman–Crippen MR) is 97.3 cm³/mol. The molecule has 0 heterocycles. The number of hydrogen-bond donors (Lipinski definition) is 2. The smallest absolute Gasteiger partial charge is 0.432 e. The van der Waals surface area contributed by atoms with Gasteiger partial charge in [0.1, 0.15) is 0 Å². The highest BCUT2D eigenvalue weighted by Gasteiger charge is 2.03. The van der Waals surface area contributed by atoms with Crippen molar-refractivity contribution in [2.75, 3.05) is 13.2 Å². The van der Waals surface area contributed by atoms with Crippen LogP contribution in [0.15, 0.2) is 24.3 Å². The van der Waals surface area contributed by atoms with Crippen LogP contribution in [0, 0.1) is 0 Å². The normalized spacial score (nSPS) is 9.74. The Morgan fingerprint density at radius 2 is 1.13 bits per heavy atom. The van der Waals surface area contributed by atoms with E-state index in [-0.39, 0.29) is 0 Å². The molecule has 0 aliphatic rings. The van der Waals surface area contributed by atoms with Crippen LogP contribution in [0.5, 0.6) is 11.5 Å². The van der Waals surface area contributed by atoms with Gasteiger partial charge in [-0.25, -0.2) is 0 Å². The molecule has 0 bridgehead atoms. The third-order valence-electron chi connectivity index (χ3n) is 3.36. The average molecular weight is 324 g/mol. The number of hydrogen-bond acceptors (Lipinski definition) is 4. The first-order valence-corrected chi connectivity index (χ1v) is 8.86. The molecule has 0 saturated carbocycles. The molecular formula is C18H33BO4. The number of rotatable bonds is 12. The van der Waals surface area contributed by atoms with Crippen molar-refractivity contribution in [2.24, 2.45) is 0 Å². The molecule has 0 aliphatic heterocycles. The van der Waals surface area contributed by atoms with Gasteiger partial charge < -0.3 is 19.5 Å². The summed E-state index contributed by atoms with van der Waals surface area (Å²) in [5.41, 5.74) is 0. The minimum absolute atomic E-state index is 0.750. The van der Waals surface area contributed by atoms with Crippen LogP contribution in [0.4, 0.5) is 0 Å². The maximum atomic E-state index is 7.12. The van der Waals surface area contributed by atoms with Crippen LogP contribution in [-0.2, 0) is 0 Å². The zero-order valence-electron chi connectivity index (χ0n) is 14.8. The van der Waals surface area contributed by atoms with E-state index in [2.05, 4.69) is 13.8 Å². The lowest BCUT2D eigenvalue weighted by Crippen LogP contribution is -2.02. The minimum atomic E-state index is -0.750. The van der Waals surface area contributed by atoms with Crippen molar-refractivity contribution in [1.29, 1.82) is 0 Å². The van der Waals surface area contributed by atoms with E-state index in [0.717, 1.165) is 37.6 Å². The van der Waals surface area contributed by atoms with Crippen LogP contribution in [-0.4, -0.2) is 30.9 Å². The second-order valence-corrected chi connectivity index (χ2v) is 5.41. The van der Waals surface area contributed by atoms with Gasteiger partial charge in [-0.05, 0) is 25.0 Å². The summed E-state index contributed by atoms with van der Waals surface area (Å²) in [6.07, 6.45) is 9.84. The van der Waals surface area contributed by atoms with Crippen molar-refractivity contribution in [1.82, 2.24) is 0 Å². The van der Waals surface area contributed by atoms with Crippen molar-refractivity contribution >= 4 is 7.69 Å². The van der Waals surface area contributed by atoms with E-state index >= 15 is 0 Å². The molecule has 0 aliphatic carbocycles. The van der Waals surface area contributed by atoms with Crippen LogP contribution in [0.2, 0.25) is 0 Å².